The molecule has 0 saturated heterocycles. The summed E-state index contributed by atoms with van der Waals surface area (Å²) in [5, 5.41) is 13.7. The second kappa shape index (κ2) is 43.3. The van der Waals surface area contributed by atoms with Gasteiger partial charge in [-0.2, -0.15) is 0 Å². The summed E-state index contributed by atoms with van der Waals surface area (Å²) in [5.41, 5.74) is 0. The van der Waals surface area contributed by atoms with Gasteiger partial charge in [0, 0.05) is 0 Å². The number of nitrogens with one attached hydrogen (secondary N) is 4. The van der Waals surface area contributed by atoms with Gasteiger partial charge in [-0.05, 0) is 115 Å². The van der Waals surface area contributed by atoms with Crippen molar-refractivity contribution < 1.29 is 0 Å². The summed E-state index contributed by atoms with van der Waals surface area (Å²) in [7, 11) is 0. The Bertz CT molecular complexity index is 351. The van der Waals surface area contributed by atoms with Crippen LogP contribution in [0, 0.1) is 23.7 Å². The van der Waals surface area contributed by atoms with E-state index in [0.717, 1.165) is 36.8 Å². The molecule has 0 aromatic heterocycles. The van der Waals surface area contributed by atoms with Gasteiger partial charge in [0.15, 0.2) is 0 Å². The summed E-state index contributed by atoms with van der Waals surface area (Å²) < 4.78 is 0. The van der Waals surface area contributed by atoms with E-state index in [2.05, 4.69) is 104 Å². The molecular formula is C36H84N4. The molecule has 0 aromatic rings. The van der Waals surface area contributed by atoms with Crippen LogP contribution in [0.5, 0.6) is 0 Å². The van der Waals surface area contributed by atoms with Crippen molar-refractivity contribution in [2.24, 2.45) is 23.7 Å². The first-order chi connectivity index (χ1) is 19.1. The number of hydrogen-bond acceptors (Lipinski definition) is 4. The number of rotatable bonds is 24. The Hall–Kier alpha value is -0.160. The standard InChI is InChI=1S/2C10H23N.2C8H19N/c1-9(2)5-7-11-8-6-10(3)4;1-3-5-7-9-11-10-8-6-4-2;1-7(2)5-9-6-8(3)4;1-3-5-7-9-8-6-4-2/h9-11H,5-8H2,1-4H3;11H,3-10H2,1-2H3;7-9H,5-6H2,1-4H3;9H,3-8H2,1-2H3. The summed E-state index contributed by atoms with van der Waals surface area (Å²) >= 11 is 0. The molecule has 0 saturated carbocycles. The average Bonchev–Trinajstić information content (AvgIpc) is 2.88. The first-order valence-corrected chi connectivity index (χ1v) is 17.9. The van der Waals surface area contributed by atoms with Crippen LogP contribution in [-0.2, 0) is 0 Å². The van der Waals surface area contributed by atoms with E-state index in [1.165, 1.54) is 116 Å². The molecule has 0 amide bonds. The second-order valence-corrected chi connectivity index (χ2v) is 13.2. The van der Waals surface area contributed by atoms with Crippen LogP contribution in [0.1, 0.15) is 160 Å². The summed E-state index contributed by atoms with van der Waals surface area (Å²) in [6.45, 7) is 36.5. The zero-order valence-corrected chi connectivity index (χ0v) is 30.5. The van der Waals surface area contributed by atoms with E-state index in [0.29, 0.717) is 0 Å². The molecule has 4 N–H and O–H groups in total. The van der Waals surface area contributed by atoms with Gasteiger partial charge < -0.3 is 21.3 Å². The summed E-state index contributed by atoms with van der Waals surface area (Å²) in [5.74, 6) is 3.23. The maximum atomic E-state index is 3.46. The Morgan fingerprint density at radius 2 is 0.625 bits per heavy atom. The van der Waals surface area contributed by atoms with E-state index in [-0.39, 0.29) is 0 Å². The lowest BCUT2D eigenvalue weighted by Crippen LogP contribution is -2.23. The summed E-state index contributed by atoms with van der Waals surface area (Å²) in [6.07, 6.45) is 16.0. The van der Waals surface area contributed by atoms with Gasteiger partial charge in [-0.3, -0.25) is 0 Å². The van der Waals surface area contributed by atoms with Gasteiger partial charge in [0.2, 0.25) is 0 Å². The van der Waals surface area contributed by atoms with E-state index in [4.69, 9.17) is 0 Å². The average molecular weight is 573 g/mol. The molecule has 0 fully saturated rings. The quantitative estimate of drug-likeness (QED) is 0.0870. The number of unbranched alkanes of at least 4 members (excludes halogenated alkanes) is 6. The largest absolute Gasteiger partial charge is 0.317 e. The Balaban J connectivity index is -0.000000217. The lowest BCUT2D eigenvalue weighted by atomic mass is 10.1. The van der Waals surface area contributed by atoms with E-state index in [9.17, 15) is 0 Å². The molecule has 0 radical (unpaired) electrons. The first kappa shape index (κ1) is 46.8. The minimum Gasteiger partial charge on any atom is -0.317 e. The van der Waals surface area contributed by atoms with Gasteiger partial charge in [0.25, 0.3) is 0 Å². The third-order valence-electron chi connectivity index (χ3n) is 6.23. The molecule has 248 valence electrons. The first-order valence-electron chi connectivity index (χ1n) is 17.9. The van der Waals surface area contributed by atoms with Crippen molar-refractivity contribution in [2.45, 2.75) is 160 Å². The van der Waals surface area contributed by atoms with Crippen molar-refractivity contribution in [3.05, 3.63) is 0 Å². The second-order valence-electron chi connectivity index (χ2n) is 13.2. The molecule has 0 rings (SSSR count). The molecule has 0 unspecified atom stereocenters. The number of hydrogen-bond donors (Lipinski definition) is 4. The lowest BCUT2D eigenvalue weighted by molar-refractivity contribution is 0.497. The fourth-order valence-corrected chi connectivity index (χ4v) is 3.42. The summed E-state index contributed by atoms with van der Waals surface area (Å²) in [4.78, 5) is 0. The zero-order valence-electron chi connectivity index (χ0n) is 30.5. The highest BCUT2D eigenvalue weighted by Crippen LogP contribution is 1.99. The highest BCUT2D eigenvalue weighted by Gasteiger charge is 1.95. The molecule has 4 heteroatoms. The molecule has 0 bridgehead atoms. The van der Waals surface area contributed by atoms with Crippen LogP contribution in [0.15, 0.2) is 0 Å². The van der Waals surface area contributed by atoms with Gasteiger partial charge in [0.05, 0.1) is 0 Å². The molecule has 0 aliphatic carbocycles. The SMILES string of the molecule is CC(C)CCNCCC(C)C.CC(C)CNCC(C)C.CCCCCNCCCCC.CCCCNCCCC. The van der Waals surface area contributed by atoms with Gasteiger partial charge in [-0.1, -0.05) is 122 Å². The third-order valence-corrected chi connectivity index (χ3v) is 6.23. The topological polar surface area (TPSA) is 48.1 Å². The molecule has 4 nitrogen and oxygen atoms in total. The van der Waals surface area contributed by atoms with Crippen molar-refractivity contribution >= 4 is 0 Å². The molecule has 0 aliphatic rings. The van der Waals surface area contributed by atoms with Gasteiger partial charge >= 0.3 is 0 Å². The highest BCUT2D eigenvalue weighted by atomic mass is 14.9. The Morgan fingerprint density at radius 1 is 0.325 bits per heavy atom. The van der Waals surface area contributed by atoms with Crippen molar-refractivity contribution in [2.75, 3.05) is 52.4 Å². The smallest absolute Gasteiger partial charge is 0.00257 e. The molecule has 0 atom stereocenters. The Labute approximate surface area is 257 Å². The molecule has 0 spiro atoms. The normalized spacial score (nSPS) is 10.8. The van der Waals surface area contributed by atoms with Gasteiger partial charge in [-0.25, -0.2) is 0 Å². The van der Waals surface area contributed by atoms with Gasteiger partial charge in [0.1, 0.15) is 0 Å². The molecule has 0 heterocycles. The van der Waals surface area contributed by atoms with Crippen molar-refractivity contribution in [3.63, 3.8) is 0 Å². The third kappa shape index (κ3) is 66.3. The monoisotopic (exact) mass is 573 g/mol. The van der Waals surface area contributed by atoms with Crippen LogP contribution < -0.4 is 21.3 Å². The lowest BCUT2D eigenvalue weighted by Gasteiger charge is -2.08. The van der Waals surface area contributed by atoms with Crippen LogP contribution in [-0.4, -0.2) is 52.4 Å². The van der Waals surface area contributed by atoms with E-state index in [1.54, 1.807) is 0 Å². The minimum atomic E-state index is 0.781. The summed E-state index contributed by atoms with van der Waals surface area (Å²) in [6, 6.07) is 0. The Morgan fingerprint density at radius 3 is 0.900 bits per heavy atom. The highest BCUT2D eigenvalue weighted by molar-refractivity contribution is 4.54. The van der Waals surface area contributed by atoms with Crippen LogP contribution in [0.25, 0.3) is 0 Å². The van der Waals surface area contributed by atoms with Crippen molar-refractivity contribution in [1.29, 1.82) is 0 Å². The maximum absolute atomic E-state index is 3.46. The van der Waals surface area contributed by atoms with Crippen molar-refractivity contribution in [3.8, 4) is 0 Å². The van der Waals surface area contributed by atoms with Crippen molar-refractivity contribution in [1.82, 2.24) is 21.3 Å². The van der Waals surface area contributed by atoms with Crippen LogP contribution in [0.3, 0.4) is 0 Å². The zero-order chi connectivity index (χ0) is 31.3. The van der Waals surface area contributed by atoms with Gasteiger partial charge in [-0.15, -0.1) is 0 Å². The van der Waals surface area contributed by atoms with Crippen LogP contribution in [0.2, 0.25) is 0 Å². The van der Waals surface area contributed by atoms with Crippen LogP contribution in [0.4, 0.5) is 0 Å². The van der Waals surface area contributed by atoms with E-state index < -0.39 is 0 Å². The predicted molar refractivity (Wildman–Crippen MR) is 189 cm³/mol. The molecule has 0 aliphatic heterocycles. The fraction of sp³-hybridized carbons (Fsp3) is 1.00. The van der Waals surface area contributed by atoms with E-state index in [1.807, 2.05) is 0 Å². The molecule has 0 aromatic carbocycles. The minimum absolute atomic E-state index is 0.781. The van der Waals surface area contributed by atoms with E-state index >= 15 is 0 Å². The Kier molecular flexibility index (Phi) is 50.6. The van der Waals surface area contributed by atoms with Crippen LogP contribution >= 0.6 is 0 Å². The predicted octanol–water partition coefficient (Wildman–Crippen LogP) is 9.69. The fourth-order valence-electron chi connectivity index (χ4n) is 3.42. The maximum Gasteiger partial charge on any atom is -0.00257 e. The molecular weight excluding hydrogens is 488 g/mol. The molecule has 40 heavy (non-hydrogen) atoms.